The van der Waals surface area contributed by atoms with Gasteiger partial charge in [0.05, 0.1) is 12.3 Å². The lowest BCUT2D eigenvalue weighted by atomic mass is 10.1. The molecule has 0 unspecified atom stereocenters. The van der Waals surface area contributed by atoms with Gasteiger partial charge in [-0.1, -0.05) is 6.92 Å². The highest BCUT2D eigenvalue weighted by atomic mass is 16.6. The fraction of sp³-hybridized carbons (Fsp3) is 0.316. The van der Waals surface area contributed by atoms with Gasteiger partial charge < -0.3 is 19.2 Å². The second-order valence-corrected chi connectivity index (χ2v) is 5.56. The molecule has 0 bridgehead atoms. The Hall–Kier alpha value is -3.09. The van der Waals surface area contributed by atoms with Crippen molar-refractivity contribution in [3.63, 3.8) is 0 Å². The van der Waals surface area contributed by atoms with Gasteiger partial charge in [0.25, 0.3) is 5.91 Å². The maximum Gasteiger partial charge on any atom is 0.344 e. The zero-order chi connectivity index (χ0) is 18.9. The van der Waals surface area contributed by atoms with Crippen molar-refractivity contribution in [1.29, 1.82) is 0 Å². The van der Waals surface area contributed by atoms with Gasteiger partial charge in [-0.15, -0.1) is 0 Å². The van der Waals surface area contributed by atoms with Crippen LogP contribution in [-0.4, -0.2) is 30.9 Å². The number of hydrogen-bond donors (Lipinski definition) is 1. The molecule has 0 saturated heterocycles. The van der Waals surface area contributed by atoms with Crippen LogP contribution in [0.5, 0.6) is 5.75 Å². The van der Waals surface area contributed by atoms with Crippen molar-refractivity contribution in [2.45, 2.75) is 26.3 Å². The number of furan rings is 1. The zero-order valence-electron chi connectivity index (χ0n) is 14.7. The van der Waals surface area contributed by atoms with Crippen LogP contribution >= 0.6 is 0 Å². The Kier molecular flexibility index (Phi) is 6.96. The molecular weight excluding hydrogens is 338 g/mol. The summed E-state index contributed by atoms with van der Waals surface area (Å²) in [5.41, 5.74) is 0.588. The van der Waals surface area contributed by atoms with Gasteiger partial charge in [0.2, 0.25) is 0 Å². The number of benzene rings is 1. The summed E-state index contributed by atoms with van der Waals surface area (Å²) >= 11 is 0. The van der Waals surface area contributed by atoms with Crippen LogP contribution < -0.4 is 10.1 Å². The van der Waals surface area contributed by atoms with Crippen LogP contribution in [0.25, 0.3) is 0 Å². The van der Waals surface area contributed by atoms with E-state index in [1.54, 1.807) is 50.2 Å². The van der Waals surface area contributed by atoms with Crippen LogP contribution in [0.15, 0.2) is 47.1 Å². The van der Waals surface area contributed by atoms with E-state index in [4.69, 9.17) is 13.9 Å². The number of carbonyl (C=O) groups excluding carboxylic acids is 3. The van der Waals surface area contributed by atoms with E-state index in [-0.39, 0.29) is 18.4 Å². The molecule has 0 saturated carbocycles. The Morgan fingerprint density at radius 3 is 2.46 bits per heavy atom. The first kappa shape index (κ1) is 19.2. The van der Waals surface area contributed by atoms with Crippen molar-refractivity contribution in [2.75, 3.05) is 13.2 Å². The first-order valence-electron chi connectivity index (χ1n) is 8.24. The van der Waals surface area contributed by atoms with Crippen LogP contribution in [0.1, 0.15) is 42.4 Å². The third kappa shape index (κ3) is 5.77. The topological polar surface area (TPSA) is 94.8 Å². The number of carbonyl (C=O) groups is 3. The van der Waals surface area contributed by atoms with E-state index in [0.29, 0.717) is 23.5 Å². The third-order valence-electron chi connectivity index (χ3n) is 3.57. The molecule has 1 aromatic heterocycles. The van der Waals surface area contributed by atoms with Crippen molar-refractivity contribution < 1.29 is 28.3 Å². The highest BCUT2D eigenvalue weighted by molar-refractivity contribution is 5.95. The molecule has 0 aliphatic heterocycles. The number of rotatable bonds is 9. The molecule has 7 heteroatoms. The minimum absolute atomic E-state index is 0.0331. The van der Waals surface area contributed by atoms with Crippen LogP contribution in [-0.2, 0) is 14.3 Å². The largest absolute Gasteiger partial charge is 0.482 e. The fourth-order valence-electron chi connectivity index (χ4n) is 2.16. The SMILES string of the molecule is CCC(=O)c1ccc(OCC(=O)OCC(=O)N[C@H](C)c2ccco2)cc1. The molecule has 1 N–H and O–H groups in total. The molecule has 1 amide bonds. The average Bonchev–Trinajstić information content (AvgIpc) is 3.19. The van der Waals surface area contributed by atoms with E-state index in [9.17, 15) is 14.4 Å². The number of ketones is 1. The first-order valence-corrected chi connectivity index (χ1v) is 8.24. The molecule has 138 valence electrons. The summed E-state index contributed by atoms with van der Waals surface area (Å²) in [6, 6.07) is 9.62. The van der Waals surface area contributed by atoms with E-state index in [1.807, 2.05) is 0 Å². The minimum Gasteiger partial charge on any atom is -0.482 e. The number of amides is 1. The molecule has 0 radical (unpaired) electrons. The lowest BCUT2D eigenvalue weighted by Crippen LogP contribution is -2.31. The van der Waals surface area contributed by atoms with E-state index < -0.39 is 18.5 Å². The molecule has 26 heavy (non-hydrogen) atoms. The summed E-state index contributed by atoms with van der Waals surface area (Å²) in [5, 5.41) is 2.65. The van der Waals surface area contributed by atoms with Gasteiger partial charge in [-0.25, -0.2) is 4.79 Å². The Morgan fingerprint density at radius 1 is 1.12 bits per heavy atom. The predicted molar refractivity (Wildman–Crippen MR) is 92.8 cm³/mol. The second-order valence-electron chi connectivity index (χ2n) is 5.56. The lowest BCUT2D eigenvalue weighted by Gasteiger charge is -2.12. The molecule has 7 nitrogen and oxygen atoms in total. The highest BCUT2D eigenvalue weighted by Gasteiger charge is 2.14. The fourth-order valence-corrected chi connectivity index (χ4v) is 2.16. The number of hydrogen-bond acceptors (Lipinski definition) is 6. The van der Waals surface area contributed by atoms with Gasteiger partial charge in [-0.2, -0.15) is 0 Å². The zero-order valence-corrected chi connectivity index (χ0v) is 14.7. The van der Waals surface area contributed by atoms with E-state index >= 15 is 0 Å². The summed E-state index contributed by atoms with van der Waals surface area (Å²) in [7, 11) is 0. The van der Waals surface area contributed by atoms with Gasteiger partial charge in [0, 0.05) is 12.0 Å². The normalized spacial score (nSPS) is 11.5. The van der Waals surface area contributed by atoms with Gasteiger partial charge in [-0.05, 0) is 43.3 Å². The van der Waals surface area contributed by atoms with Gasteiger partial charge >= 0.3 is 5.97 Å². The molecule has 0 spiro atoms. The van der Waals surface area contributed by atoms with Crippen molar-refractivity contribution in [2.24, 2.45) is 0 Å². The number of nitrogens with one attached hydrogen (secondary N) is 1. The predicted octanol–water partition coefficient (Wildman–Crippen LogP) is 2.67. The van der Waals surface area contributed by atoms with Gasteiger partial charge in [-0.3, -0.25) is 9.59 Å². The monoisotopic (exact) mass is 359 g/mol. The quantitative estimate of drug-likeness (QED) is 0.546. The van der Waals surface area contributed by atoms with Gasteiger partial charge in [0.1, 0.15) is 11.5 Å². The molecule has 0 fully saturated rings. The number of esters is 1. The maximum absolute atomic E-state index is 11.8. The number of ether oxygens (including phenoxy) is 2. The summed E-state index contributed by atoms with van der Waals surface area (Å²) in [6.07, 6.45) is 1.94. The number of Topliss-reactive ketones (excluding diaryl/α,β-unsaturated/α-hetero) is 1. The Balaban J connectivity index is 1.70. The molecule has 0 aliphatic rings. The van der Waals surface area contributed by atoms with Crippen molar-refractivity contribution in [1.82, 2.24) is 5.32 Å². The molecule has 2 rings (SSSR count). The van der Waals surface area contributed by atoms with Crippen molar-refractivity contribution >= 4 is 17.7 Å². The molecule has 0 aliphatic carbocycles. The smallest absolute Gasteiger partial charge is 0.344 e. The summed E-state index contributed by atoms with van der Waals surface area (Å²) in [6.45, 7) is 2.81. The average molecular weight is 359 g/mol. The second kappa shape index (κ2) is 9.41. The van der Waals surface area contributed by atoms with Crippen LogP contribution in [0.3, 0.4) is 0 Å². The third-order valence-corrected chi connectivity index (χ3v) is 3.57. The molecule has 2 aromatic rings. The lowest BCUT2D eigenvalue weighted by molar-refractivity contribution is -0.150. The Morgan fingerprint density at radius 2 is 1.85 bits per heavy atom. The molecular formula is C19H21NO6. The highest BCUT2D eigenvalue weighted by Crippen LogP contribution is 2.14. The maximum atomic E-state index is 11.8. The summed E-state index contributed by atoms with van der Waals surface area (Å²) in [5.74, 6) is -0.0292. The summed E-state index contributed by atoms with van der Waals surface area (Å²) < 4.78 is 15.3. The van der Waals surface area contributed by atoms with Crippen LogP contribution in [0.4, 0.5) is 0 Å². The van der Waals surface area contributed by atoms with Crippen molar-refractivity contribution in [3.8, 4) is 5.75 Å². The standard InChI is InChI=1S/C19H21NO6/c1-3-16(21)14-6-8-15(9-7-14)25-12-19(23)26-11-18(22)20-13(2)17-5-4-10-24-17/h4-10,13H,3,11-12H2,1-2H3,(H,20,22)/t13-/m1/s1. The van der Waals surface area contributed by atoms with E-state index in [2.05, 4.69) is 5.32 Å². The van der Waals surface area contributed by atoms with Crippen LogP contribution in [0, 0.1) is 0 Å². The van der Waals surface area contributed by atoms with E-state index in [1.165, 1.54) is 6.26 Å². The molecule has 1 atom stereocenters. The molecule has 1 aromatic carbocycles. The van der Waals surface area contributed by atoms with Crippen LogP contribution in [0.2, 0.25) is 0 Å². The molecule has 1 heterocycles. The summed E-state index contributed by atoms with van der Waals surface area (Å²) in [4.78, 5) is 34.9. The minimum atomic E-state index is -0.667. The Labute approximate surface area is 151 Å². The first-order chi connectivity index (χ1) is 12.5. The van der Waals surface area contributed by atoms with Crippen molar-refractivity contribution in [3.05, 3.63) is 54.0 Å². The van der Waals surface area contributed by atoms with E-state index in [0.717, 1.165) is 0 Å². The Bertz CT molecular complexity index is 736. The van der Waals surface area contributed by atoms with Gasteiger partial charge in [0.15, 0.2) is 19.0 Å².